The van der Waals surface area contributed by atoms with E-state index in [1.165, 1.54) is 43.2 Å². The van der Waals surface area contributed by atoms with Crippen LogP contribution >= 0.6 is 0 Å². The summed E-state index contributed by atoms with van der Waals surface area (Å²) in [5.41, 5.74) is 9.07. The highest BCUT2D eigenvalue weighted by molar-refractivity contribution is 5.42. The van der Waals surface area contributed by atoms with E-state index < -0.39 is 0 Å². The Kier molecular flexibility index (Phi) is 5.09. The molecule has 112 valence electrons. The van der Waals surface area contributed by atoms with Gasteiger partial charge in [-0.1, -0.05) is 50.3 Å². The van der Waals surface area contributed by atoms with Crippen molar-refractivity contribution < 1.29 is 4.74 Å². The van der Waals surface area contributed by atoms with Gasteiger partial charge in [0.2, 0.25) is 0 Å². The summed E-state index contributed by atoms with van der Waals surface area (Å²) in [5, 5.41) is 0. The van der Waals surface area contributed by atoms with Crippen molar-refractivity contribution in [3.8, 4) is 5.75 Å². The fourth-order valence-corrected chi connectivity index (χ4v) is 3.61. The van der Waals surface area contributed by atoms with Gasteiger partial charge >= 0.3 is 0 Å². The molecule has 1 fully saturated rings. The number of rotatable bonds is 4. The van der Waals surface area contributed by atoms with E-state index in [2.05, 4.69) is 32.0 Å². The van der Waals surface area contributed by atoms with Gasteiger partial charge in [-0.05, 0) is 38.2 Å². The minimum atomic E-state index is -0.208. The third kappa shape index (κ3) is 3.35. The van der Waals surface area contributed by atoms with E-state index in [4.69, 9.17) is 10.5 Å². The molecule has 0 radical (unpaired) electrons. The van der Waals surface area contributed by atoms with Gasteiger partial charge in [-0.3, -0.25) is 0 Å². The minimum Gasteiger partial charge on any atom is -0.496 e. The average molecular weight is 275 g/mol. The Hall–Kier alpha value is -1.02. The quantitative estimate of drug-likeness (QED) is 0.819. The van der Waals surface area contributed by atoms with Crippen LogP contribution in [0.4, 0.5) is 0 Å². The molecule has 0 saturated heterocycles. The molecule has 2 atom stereocenters. The van der Waals surface area contributed by atoms with Gasteiger partial charge in [0.05, 0.1) is 7.11 Å². The molecule has 2 unspecified atom stereocenters. The molecule has 1 saturated carbocycles. The molecule has 2 nitrogen and oxygen atoms in total. The highest BCUT2D eigenvalue weighted by Crippen LogP contribution is 2.41. The van der Waals surface area contributed by atoms with E-state index in [0.29, 0.717) is 0 Å². The van der Waals surface area contributed by atoms with E-state index in [1.54, 1.807) is 7.11 Å². The summed E-state index contributed by atoms with van der Waals surface area (Å²) in [7, 11) is 1.74. The fraction of sp³-hybridized carbons (Fsp3) is 0.667. The molecule has 0 heterocycles. The zero-order valence-corrected chi connectivity index (χ0v) is 13.2. The van der Waals surface area contributed by atoms with Crippen molar-refractivity contribution in [3.05, 3.63) is 29.3 Å². The van der Waals surface area contributed by atoms with Crippen LogP contribution in [0.2, 0.25) is 0 Å². The number of hydrogen-bond donors (Lipinski definition) is 1. The molecule has 2 N–H and O–H groups in total. The normalized spacial score (nSPS) is 27.1. The second-order valence-electron chi connectivity index (χ2n) is 6.45. The van der Waals surface area contributed by atoms with E-state index in [9.17, 15) is 0 Å². The molecule has 0 spiro atoms. The topological polar surface area (TPSA) is 35.2 Å². The van der Waals surface area contributed by atoms with Crippen molar-refractivity contribution in [2.75, 3.05) is 7.11 Å². The van der Waals surface area contributed by atoms with Crippen LogP contribution in [0.1, 0.15) is 63.0 Å². The first-order chi connectivity index (χ1) is 9.59. The van der Waals surface area contributed by atoms with Crippen LogP contribution in [0, 0.1) is 12.8 Å². The summed E-state index contributed by atoms with van der Waals surface area (Å²) < 4.78 is 5.55. The Labute approximate surface area is 123 Å². The van der Waals surface area contributed by atoms with E-state index in [-0.39, 0.29) is 5.54 Å². The lowest BCUT2D eigenvalue weighted by Crippen LogP contribution is -2.36. The Morgan fingerprint density at radius 2 is 2.10 bits per heavy atom. The van der Waals surface area contributed by atoms with Crippen molar-refractivity contribution >= 4 is 0 Å². The first-order valence-electron chi connectivity index (χ1n) is 8.03. The first kappa shape index (κ1) is 15.4. The van der Waals surface area contributed by atoms with Gasteiger partial charge in [0.1, 0.15) is 5.75 Å². The molecule has 0 bridgehead atoms. The Morgan fingerprint density at radius 1 is 1.30 bits per heavy atom. The largest absolute Gasteiger partial charge is 0.496 e. The monoisotopic (exact) mass is 275 g/mol. The number of aryl methyl sites for hydroxylation is 1. The molecular weight excluding hydrogens is 246 g/mol. The standard InChI is InChI=1S/C18H29NO/c1-4-6-15-7-5-11-18(19,12-10-15)16-13-14(2)8-9-17(16)20-3/h8-9,13,15H,4-7,10-12,19H2,1-3H3. The molecule has 1 aromatic rings. The zero-order valence-electron chi connectivity index (χ0n) is 13.2. The van der Waals surface area contributed by atoms with Crippen LogP contribution in [0.5, 0.6) is 5.75 Å². The molecule has 0 amide bonds. The third-order valence-corrected chi connectivity index (χ3v) is 4.82. The predicted octanol–water partition coefficient (Wildman–Crippen LogP) is 4.54. The fourth-order valence-electron chi connectivity index (χ4n) is 3.61. The highest BCUT2D eigenvalue weighted by atomic mass is 16.5. The van der Waals surface area contributed by atoms with Crippen LogP contribution in [-0.2, 0) is 5.54 Å². The highest BCUT2D eigenvalue weighted by Gasteiger charge is 2.33. The molecule has 2 rings (SSSR count). The van der Waals surface area contributed by atoms with E-state index in [1.807, 2.05) is 0 Å². The molecule has 20 heavy (non-hydrogen) atoms. The van der Waals surface area contributed by atoms with Crippen molar-refractivity contribution in [1.29, 1.82) is 0 Å². The minimum absolute atomic E-state index is 0.208. The number of ether oxygens (including phenoxy) is 1. The summed E-state index contributed by atoms with van der Waals surface area (Å²) >= 11 is 0. The van der Waals surface area contributed by atoms with Crippen LogP contribution in [0.15, 0.2) is 18.2 Å². The van der Waals surface area contributed by atoms with Crippen molar-refractivity contribution in [2.24, 2.45) is 11.7 Å². The third-order valence-electron chi connectivity index (χ3n) is 4.82. The molecule has 1 aromatic carbocycles. The van der Waals surface area contributed by atoms with Gasteiger partial charge in [0, 0.05) is 11.1 Å². The lowest BCUT2D eigenvalue weighted by molar-refractivity contribution is 0.340. The van der Waals surface area contributed by atoms with E-state index >= 15 is 0 Å². The summed E-state index contributed by atoms with van der Waals surface area (Å²) in [6.07, 6.45) is 8.61. The lowest BCUT2D eigenvalue weighted by Gasteiger charge is -2.30. The van der Waals surface area contributed by atoms with Gasteiger partial charge in [-0.2, -0.15) is 0 Å². The zero-order chi connectivity index (χ0) is 14.6. The molecule has 1 aliphatic carbocycles. The number of methoxy groups -OCH3 is 1. The predicted molar refractivity (Wildman–Crippen MR) is 85.1 cm³/mol. The number of benzene rings is 1. The maximum atomic E-state index is 6.80. The van der Waals surface area contributed by atoms with Crippen molar-refractivity contribution in [3.63, 3.8) is 0 Å². The molecular formula is C18H29NO. The first-order valence-corrected chi connectivity index (χ1v) is 8.03. The van der Waals surface area contributed by atoms with Gasteiger partial charge in [0.25, 0.3) is 0 Å². The van der Waals surface area contributed by atoms with Crippen LogP contribution in [0.3, 0.4) is 0 Å². The van der Waals surface area contributed by atoms with Crippen molar-refractivity contribution in [2.45, 2.75) is 64.3 Å². The van der Waals surface area contributed by atoms with Gasteiger partial charge in [-0.15, -0.1) is 0 Å². The summed E-state index contributed by atoms with van der Waals surface area (Å²) in [4.78, 5) is 0. The van der Waals surface area contributed by atoms with Crippen molar-refractivity contribution in [1.82, 2.24) is 0 Å². The Bertz CT molecular complexity index is 443. The van der Waals surface area contributed by atoms with E-state index in [0.717, 1.165) is 24.5 Å². The second kappa shape index (κ2) is 6.62. The van der Waals surface area contributed by atoms with Gasteiger partial charge in [0.15, 0.2) is 0 Å². The average Bonchev–Trinajstić information content (AvgIpc) is 2.63. The van der Waals surface area contributed by atoms with Crippen LogP contribution < -0.4 is 10.5 Å². The molecule has 0 aromatic heterocycles. The SMILES string of the molecule is CCCC1CCCC(N)(c2cc(C)ccc2OC)CC1. The molecule has 2 heteroatoms. The summed E-state index contributed by atoms with van der Waals surface area (Å²) in [5.74, 6) is 1.81. The molecule has 0 aliphatic heterocycles. The molecule has 1 aliphatic rings. The second-order valence-corrected chi connectivity index (χ2v) is 6.45. The smallest absolute Gasteiger partial charge is 0.123 e. The maximum absolute atomic E-state index is 6.80. The number of hydrogen-bond acceptors (Lipinski definition) is 2. The summed E-state index contributed by atoms with van der Waals surface area (Å²) in [6.45, 7) is 4.41. The van der Waals surface area contributed by atoms with Crippen LogP contribution in [0.25, 0.3) is 0 Å². The van der Waals surface area contributed by atoms with Gasteiger partial charge < -0.3 is 10.5 Å². The summed E-state index contributed by atoms with van der Waals surface area (Å²) in [6, 6.07) is 6.38. The van der Waals surface area contributed by atoms with Crippen LogP contribution in [-0.4, -0.2) is 7.11 Å². The number of nitrogens with two attached hydrogens (primary N) is 1. The lowest BCUT2D eigenvalue weighted by atomic mass is 9.82. The van der Waals surface area contributed by atoms with Gasteiger partial charge in [-0.25, -0.2) is 0 Å². The Balaban J connectivity index is 2.24. The Morgan fingerprint density at radius 3 is 2.80 bits per heavy atom. The maximum Gasteiger partial charge on any atom is 0.123 e.